The van der Waals surface area contributed by atoms with Crippen LogP contribution in [0.15, 0.2) is 40.9 Å². The van der Waals surface area contributed by atoms with Gasteiger partial charge in [0.1, 0.15) is 5.76 Å². The monoisotopic (exact) mass is 341 g/mol. The number of hydrogen-bond donors (Lipinski definition) is 1. The summed E-state index contributed by atoms with van der Waals surface area (Å²) in [6, 6.07) is 9.91. The molecule has 6 nitrogen and oxygen atoms in total. The van der Waals surface area contributed by atoms with E-state index in [4.69, 9.17) is 9.15 Å². The SMILES string of the molecule is O=C1CC2(CCOCC2)N(Cc2cnc(-c3ccccc3)o2)CCN1. The molecule has 1 aromatic carbocycles. The molecule has 2 saturated heterocycles. The Morgan fingerprint density at radius 2 is 2.00 bits per heavy atom. The van der Waals surface area contributed by atoms with E-state index in [2.05, 4.69) is 15.2 Å². The second-order valence-corrected chi connectivity index (χ2v) is 6.78. The molecule has 0 radical (unpaired) electrons. The second-order valence-electron chi connectivity index (χ2n) is 6.78. The molecule has 132 valence electrons. The van der Waals surface area contributed by atoms with Crippen LogP contribution in [0.5, 0.6) is 0 Å². The van der Waals surface area contributed by atoms with E-state index in [1.54, 1.807) is 6.20 Å². The summed E-state index contributed by atoms with van der Waals surface area (Å²) < 4.78 is 11.5. The molecule has 1 amide bonds. The molecule has 0 saturated carbocycles. The molecule has 0 unspecified atom stereocenters. The number of benzene rings is 1. The molecule has 1 aromatic heterocycles. The molecule has 2 aliphatic rings. The zero-order valence-electron chi connectivity index (χ0n) is 14.2. The molecule has 0 aliphatic carbocycles. The molecular formula is C19H23N3O3. The van der Waals surface area contributed by atoms with Crippen molar-refractivity contribution in [1.82, 2.24) is 15.2 Å². The first-order chi connectivity index (χ1) is 12.3. The van der Waals surface area contributed by atoms with Crippen molar-refractivity contribution in [2.75, 3.05) is 26.3 Å². The number of carbonyl (C=O) groups is 1. The first-order valence-corrected chi connectivity index (χ1v) is 8.85. The van der Waals surface area contributed by atoms with E-state index in [9.17, 15) is 4.79 Å². The van der Waals surface area contributed by atoms with Crippen LogP contribution in [0.1, 0.15) is 25.0 Å². The Morgan fingerprint density at radius 1 is 1.20 bits per heavy atom. The van der Waals surface area contributed by atoms with E-state index >= 15 is 0 Å². The number of aromatic nitrogens is 1. The smallest absolute Gasteiger partial charge is 0.226 e. The third-order valence-corrected chi connectivity index (χ3v) is 5.21. The lowest BCUT2D eigenvalue weighted by Gasteiger charge is -2.44. The number of nitrogens with zero attached hydrogens (tertiary/aromatic N) is 2. The average molecular weight is 341 g/mol. The molecule has 2 aliphatic heterocycles. The second kappa shape index (κ2) is 6.98. The van der Waals surface area contributed by atoms with Gasteiger partial charge in [-0.15, -0.1) is 0 Å². The first kappa shape index (κ1) is 16.3. The molecule has 2 fully saturated rings. The summed E-state index contributed by atoms with van der Waals surface area (Å²) >= 11 is 0. The maximum absolute atomic E-state index is 12.1. The van der Waals surface area contributed by atoms with Crippen molar-refractivity contribution in [3.8, 4) is 11.5 Å². The maximum atomic E-state index is 12.1. The van der Waals surface area contributed by atoms with Gasteiger partial charge in [-0.2, -0.15) is 0 Å². The summed E-state index contributed by atoms with van der Waals surface area (Å²) in [5.41, 5.74) is 0.834. The Bertz CT molecular complexity index is 723. The minimum atomic E-state index is -0.140. The lowest BCUT2D eigenvalue weighted by atomic mass is 9.84. The molecule has 1 N–H and O–H groups in total. The largest absolute Gasteiger partial charge is 0.440 e. The summed E-state index contributed by atoms with van der Waals surface area (Å²) in [7, 11) is 0. The molecule has 2 aromatic rings. The number of ether oxygens (including phenoxy) is 1. The van der Waals surface area contributed by atoms with Crippen LogP contribution >= 0.6 is 0 Å². The van der Waals surface area contributed by atoms with Gasteiger partial charge in [-0.3, -0.25) is 9.69 Å². The lowest BCUT2D eigenvalue weighted by molar-refractivity contribution is -0.124. The van der Waals surface area contributed by atoms with Crippen molar-refractivity contribution in [3.63, 3.8) is 0 Å². The van der Waals surface area contributed by atoms with Crippen LogP contribution in [0.3, 0.4) is 0 Å². The van der Waals surface area contributed by atoms with Crippen LogP contribution in [0, 0.1) is 0 Å². The van der Waals surface area contributed by atoms with Gasteiger partial charge in [-0.05, 0) is 25.0 Å². The normalized spacial score (nSPS) is 21.0. The molecule has 25 heavy (non-hydrogen) atoms. The summed E-state index contributed by atoms with van der Waals surface area (Å²) in [6.07, 6.45) is 4.08. The quantitative estimate of drug-likeness (QED) is 0.927. The molecule has 0 bridgehead atoms. The van der Waals surface area contributed by atoms with Crippen LogP contribution in [0.2, 0.25) is 0 Å². The van der Waals surface area contributed by atoms with Crippen LogP contribution in [-0.4, -0.2) is 47.6 Å². The topological polar surface area (TPSA) is 67.6 Å². The highest BCUT2D eigenvalue weighted by atomic mass is 16.5. The van der Waals surface area contributed by atoms with Crippen LogP contribution in [-0.2, 0) is 16.1 Å². The minimum Gasteiger partial charge on any atom is -0.440 e. The predicted octanol–water partition coefficient (Wildman–Crippen LogP) is 2.21. The van der Waals surface area contributed by atoms with E-state index in [1.165, 1.54) is 0 Å². The molecule has 0 atom stereocenters. The highest BCUT2D eigenvalue weighted by molar-refractivity contribution is 5.77. The number of oxazole rings is 1. The summed E-state index contributed by atoms with van der Waals surface area (Å²) in [4.78, 5) is 18.9. The number of carbonyl (C=O) groups excluding carboxylic acids is 1. The van der Waals surface area contributed by atoms with Crippen molar-refractivity contribution in [1.29, 1.82) is 0 Å². The number of nitrogens with one attached hydrogen (secondary N) is 1. The first-order valence-electron chi connectivity index (χ1n) is 8.85. The Morgan fingerprint density at radius 3 is 2.80 bits per heavy atom. The highest BCUT2D eigenvalue weighted by Crippen LogP contribution is 2.34. The average Bonchev–Trinajstić information content (AvgIpc) is 3.05. The van der Waals surface area contributed by atoms with Crippen LogP contribution < -0.4 is 5.32 Å². The van der Waals surface area contributed by atoms with Gasteiger partial charge in [0.2, 0.25) is 11.8 Å². The number of rotatable bonds is 3. The standard InChI is InChI=1S/C19H23N3O3/c23-17-12-19(6-10-24-11-7-19)22(9-8-20-17)14-16-13-21-18(25-16)15-4-2-1-3-5-15/h1-5,13H,6-12,14H2,(H,20,23). The fraction of sp³-hybridized carbons (Fsp3) is 0.474. The predicted molar refractivity (Wildman–Crippen MR) is 92.8 cm³/mol. The van der Waals surface area contributed by atoms with E-state index < -0.39 is 0 Å². The number of amides is 1. The van der Waals surface area contributed by atoms with Gasteiger partial charge in [0.15, 0.2) is 0 Å². The fourth-order valence-electron chi connectivity index (χ4n) is 3.81. The summed E-state index contributed by atoms with van der Waals surface area (Å²) in [5, 5.41) is 3.00. The van der Waals surface area contributed by atoms with Gasteiger partial charge in [0.25, 0.3) is 0 Å². The van der Waals surface area contributed by atoms with Gasteiger partial charge in [-0.25, -0.2) is 4.98 Å². The highest BCUT2D eigenvalue weighted by Gasteiger charge is 2.42. The van der Waals surface area contributed by atoms with Gasteiger partial charge in [0.05, 0.1) is 12.7 Å². The molecular weight excluding hydrogens is 318 g/mol. The number of hydrogen-bond acceptors (Lipinski definition) is 5. The Kier molecular flexibility index (Phi) is 4.55. The molecule has 3 heterocycles. The Labute approximate surface area is 147 Å². The lowest BCUT2D eigenvalue weighted by Crippen LogP contribution is -2.52. The van der Waals surface area contributed by atoms with Crippen LogP contribution in [0.4, 0.5) is 0 Å². The molecule has 4 rings (SSSR count). The third-order valence-electron chi connectivity index (χ3n) is 5.21. The van der Waals surface area contributed by atoms with Gasteiger partial charge >= 0.3 is 0 Å². The van der Waals surface area contributed by atoms with Gasteiger partial charge in [-0.1, -0.05) is 18.2 Å². The minimum absolute atomic E-state index is 0.131. The van der Waals surface area contributed by atoms with Crippen molar-refractivity contribution >= 4 is 5.91 Å². The van der Waals surface area contributed by atoms with Crippen molar-refractivity contribution in [2.24, 2.45) is 0 Å². The van der Waals surface area contributed by atoms with Crippen LogP contribution in [0.25, 0.3) is 11.5 Å². The fourth-order valence-corrected chi connectivity index (χ4v) is 3.81. The molecule has 1 spiro atoms. The van der Waals surface area contributed by atoms with Gasteiger partial charge in [0, 0.05) is 43.8 Å². The molecule has 6 heteroatoms. The van der Waals surface area contributed by atoms with E-state index in [0.717, 1.165) is 30.7 Å². The van der Waals surface area contributed by atoms with E-state index in [0.29, 0.717) is 38.6 Å². The third kappa shape index (κ3) is 3.45. The van der Waals surface area contributed by atoms with Gasteiger partial charge < -0.3 is 14.5 Å². The zero-order chi connectivity index (χ0) is 17.1. The van der Waals surface area contributed by atoms with E-state index in [-0.39, 0.29) is 11.4 Å². The Hall–Kier alpha value is -2.18. The zero-order valence-corrected chi connectivity index (χ0v) is 14.2. The van der Waals surface area contributed by atoms with Crippen molar-refractivity contribution in [3.05, 3.63) is 42.3 Å². The summed E-state index contributed by atoms with van der Waals surface area (Å²) in [6.45, 7) is 3.55. The van der Waals surface area contributed by atoms with Crippen molar-refractivity contribution in [2.45, 2.75) is 31.3 Å². The maximum Gasteiger partial charge on any atom is 0.226 e. The van der Waals surface area contributed by atoms with E-state index in [1.807, 2.05) is 30.3 Å². The Balaban J connectivity index is 1.55. The van der Waals surface area contributed by atoms with Crippen molar-refractivity contribution < 1.29 is 13.9 Å². The summed E-state index contributed by atoms with van der Waals surface area (Å²) in [5.74, 6) is 1.60.